The lowest BCUT2D eigenvalue weighted by Gasteiger charge is -2.31. The molecule has 0 radical (unpaired) electrons. The predicted molar refractivity (Wildman–Crippen MR) is 78.1 cm³/mol. The molecule has 0 saturated carbocycles. The molecule has 0 bridgehead atoms. The van der Waals surface area contributed by atoms with Crippen LogP contribution in [0, 0.1) is 5.92 Å². The van der Waals surface area contributed by atoms with Gasteiger partial charge in [0.2, 0.25) is 0 Å². The third-order valence-electron chi connectivity index (χ3n) is 4.28. The molecule has 1 heterocycles. The molecule has 1 aliphatic rings. The van der Waals surface area contributed by atoms with Crippen LogP contribution in [-0.2, 0) is 11.2 Å². The van der Waals surface area contributed by atoms with E-state index in [1.807, 2.05) is 18.2 Å². The van der Waals surface area contributed by atoms with Crippen molar-refractivity contribution in [3.8, 4) is 0 Å². The van der Waals surface area contributed by atoms with Gasteiger partial charge in [0.05, 0.1) is 17.3 Å². The van der Waals surface area contributed by atoms with Crippen LogP contribution in [0.3, 0.4) is 0 Å². The summed E-state index contributed by atoms with van der Waals surface area (Å²) in [5.41, 5.74) is 1.85. The van der Waals surface area contributed by atoms with Crippen LogP contribution in [0.5, 0.6) is 0 Å². The van der Waals surface area contributed by atoms with E-state index in [9.17, 15) is 5.11 Å². The summed E-state index contributed by atoms with van der Waals surface area (Å²) in [6.45, 7) is 10.5. The molecule has 2 nitrogen and oxygen atoms in total. The van der Waals surface area contributed by atoms with E-state index in [-0.39, 0.29) is 17.1 Å². The molecule has 2 unspecified atom stereocenters. The normalized spacial score (nSPS) is 26.3. The fraction of sp³-hybridized carbons (Fsp3) is 0.647. The van der Waals surface area contributed by atoms with Crippen LogP contribution >= 0.6 is 0 Å². The van der Waals surface area contributed by atoms with Crippen molar-refractivity contribution in [2.45, 2.75) is 64.8 Å². The lowest BCUT2D eigenvalue weighted by Crippen LogP contribution is -2.33. The maximum Gasteiger partial charge on any atom is 0.0849 e. The van der Waals surface area contributed by atoms with Gasteiger partial charge in [-0.1, -0.05) is 31.2 Å². The molecule has 1 saturated heterocycles. The first-order chi connectivity index (χ1) is 8.77. The molecule has 2 rings (SSSR count). The number of ether oxygens (including phenoxy) is 1. The third-order valence-corrected chi connectivity index (χ3v) is 4.28. The lowest BCUT2D eigenvalue weighted by atomic mass is 9.79. The Bertz CT molecular complexity index is 448. The second kappa shape index (κ2) is 4.92. The molecule has 1 N–H and O–H groups in total. The topological polar surface area (TPSA) is 29.5 Å². The van der Waals surface area contributed by atoms with Gasteiger partial charge in [-0.05, 0) is 51.7 Å². The van der Waals surface area contributed by atoms with Crippen LogP contribution < -0.4 is 0 Å². The summed E-state index contributed by atoms with van der Waals surface area (Å²) in [6, 6.07) is 8.19. The van der Waals surface area contributed by atoms with Crippen LogP contribution in [0.15, 0.2) is 24.3 Å². The summed E-state index contributed by atoms with van der Waals surface area (Å²) < 4.78 is 6.10. The second-order valence-electron chi connectivity index (χ2n) is 6.77. The highest BCUT2D eigenvalue weighted by atomic mass is 16.5. The maximum absolute atomic E-state index is 10.8. The molecule has 1 aromatic rings. The number of aryl methyl sites for hydroxylation is 1. The van der Waals surface area contributed by atoms with Crippen molar-refractivity contribution in [3.05, 3.63) is 35.4 Å². The molecular formula is C17H26O2. The van der Waals surface area contributed by atoms with Gasteiger partial charge in [-0.3, -0.25) is 0 Å². The molecule has 0 aromatic heterocycles. The smallest absolute Gasteiger partial charge is 0.0849 e. The third kappa shape index (κ3) is 2.85. The van der Waals surface area contributed by atoms with E-state index in [0.717, 1.165) is 18.4 Å². The van der Waals surface area contributed by atoms with Crippen molar-refractivity contribution in [1.29, 1.82) is 0 Å². The molecule has 2 heteroatoms. The van der Waals surface area contributed by atoms with Crippen LogP contribution in [-0.4, -0.2) is 16.3 Å². The van der Waals surface area contributed by atoms with Crippen LogP contribution in [0.1, 0.15) is 58.3 Å². The van der Waals surface area contributed by atoms with Gasteiger partial charge in [-0.15, -0.1) is 0 Å². The first-order valence-corrected chi connectivity index (χ1v) is 7.23. The molecule has 0 spiro atoms. The number of aliphatic hydroxyl groups excluding tert-OH is 1. The maximum atomic E-state index is 10.8. The number of hydrogen-bond donors (Lipinski definition) is 1. The van der Waals surface area contributed by atoms with Crippen molar-refractivity contribution in [1.82, 2.24) is 0 Å². The zero-order valence-electron chi connectivity index (χ0n) is 12.7. The summed E-state index contributed by atoms with van der Waals surface area (Å²) in [5, 5.41) is 10.8. The molecule has 1 aromatic carbocycles. The summed E-state index contributed by atoms with van der Waals surface area (Å²) in [5.74, 6) is 0.134. The van der Waals surface area contributed by atoms with Gasteiger partial charge < -0.3 is 9.84 Å². The monoisotopic (exact) mass is 262 g/mol. The first-order valence-electron chi connectivity index (χ1n) is 7.23. The van der Waals surface area contributed by atoms with E-state index in [0.29, 0.717) is 0 Å². The molecule has 106 valence electrons. The Labute approximate surface area is 116 Å². The Morgan fingerprint density at radius 3 is 2.42 bits per heavy atom. The Balaban J connectivity index is 2.31. The molecule has 1 aliphatic heterocycles. The molecule has 0 amide bonds. The van der Waals surface area contributed by atoms with Crippen LogP contribution in [0.2, 0.25) is 0 Å². The van der Waals surface area contributed by atoms with E-state index >= 15 is 0 Å². The Kier molecular flexibility index (Phi) is 3.76. The van der Waals surface area contributed by atoms with Gasteiger partial charge in [0.15, 0.2) is 0 Å². The van der Waals surface area contributed by atoms with E-state index in [4.69, 9.17) is 4.74 Å². The van der Waals surface area contributed by atoms with E-state index in [1.165, 1.54) is 5.56 Å². The highest BCUT2D eigenvalue weighted by Gasteiger charge is 2.49. The van der Waals surface area contributed by atoms with Gasteiger partial charge in [0.1, 0.15) is 0 Å². The predicted octanol–water partition coefficient (Wildman–Crippen LogP) is 3.88. The molecule has 2 atom stereocenters. The van der Waals surface area contributed by atoms with Crippen molar-refractivity contribution in [3.63, 3.8) is 0 Å². The Hall–Kier alpha value is -0.860. The van der Waals surface area contributed by atoms with Crippen LogP contribution in [0.25, 0.3) is 0 Å². The van der Waals surface area contributed by atoms with Crippen molar-refractivity contribution < 1.29 is 9.84 Å². The SMILES string of the molecule is CCc1ccccc1C(O)C1CC(C)(C)OC1(C)C. The minimum Gasteiger partial charge on any atom is -0.388 e. The van der Waals surface area contributed by atoms with Gasteiger partial charge in [-0.2, -0.15) is 0 Å². The minimum atomic E-state index is -0.451. The minimum absolute atomic E-state index is 0.134. The fourth-order valence-corrected chi connectivity index (χ4v) is 3.46. The lowest BCUT2D eigenvalue weighted by molar-refractivity contribution is -0.0880. The van der Waals surface area contributed by atoms with Gasteiger partial charge in [0.25, 0.3) is 0 Å². The zero-order chi connectivity index (χ0) is 14.3. The summed E-state index contributed by atoms with van der Waals surface area (Å²) >= 11 is 0. The van der Waals surface area contributed by atoms with E-state index in [2.05, 4.69) is 40.7 Å². The number of benzene rings is 1. The highest BCUT2D eigenvalue weighted by molar-refractivity contribution is 5.30. The molecule has 0 aliphatic carbocycles. The number of hydrogen-bond acceptors (Lipinski definition) is 2. The van der Waals surface area contributed by atoms with Crippen molar-refractivity contribution in [2.75, 3.05) is 0 Å². The average molecular weight is 262 g/mol. The second-order valence-corrected chi connectivity index (χ2v) is 6.77. The van der Waals surface area contributed by atoms with Crippen molar-refractivity contribution >= 4 is 0 Å². The molecule has 1 fully saturated rings. The van der Waals surface area contributed by atoms with E-state index < -0.39 is 6.10 Å². The largest absolute Gasteiger partial charge is 0.388 e. The summed E-state index contributed by atoms with van der Waals surface area (Å²) in [6.07, 6.45) is 1.39. The van der Waals surface area contributed by atoms with Gasteiger partial charge >= 0.3 is 0 Å². The molecule has 19 heavy (non-hydrogen) atoms. The summed E-state index contributed by atoms with van der Waals surface area (Å²) in [4.78, 5) is 0. The van der Waals surface area contributed by atoms with Gasteiger partial charge in [0, 0.05) is 5.92 Å². The highest BCUT2D eigenvalue weighted by Crippen LogP contribution is 2.48. The van der Waals surface area contributed by atoms with E-state index in [1.54, 1.807) is 0 Å². The average Bonchev–Trinajstić information content (AvgIpc) is 2.56. The zero-order valence-corrected chi connectivity index (χ0v) is 12.7. The van der Waals surface area contributed by atoms with Gasteiger partial charge in [-0.25, -0.2) is 0 Å². The Morgan fingerprint density at radius 2 is 1.89 bits per heavy atom. The number of aliphatic hydroxyl groups is 1. The molecular weight excluding hydrogens is 236 g/mol. The number of rotatable bonds is 3. The van der Waals surface area contributed by atoms with Crippen molar-refractivity contribution in [2.24, 2.45) is 5.92 Å². The first kappa shape index (κ1) is 14.5. The quantitative estimate of drug-likeness (QED) is 0.896. The standard InChI is InChI=1S/C17H26O2/c1-6-12-9-7-8-10-13(12)15(18)14-11-16(2,3)19-17(14,4)5/h7-10,14-15,18H,6,11H2,1-5H3. The Morgan fingerprint density at radius 1 is 1.26 bits per heavy atom. The van der Waals surface area contributed by atoms with Crippen LogP contribution in [0.4, 0.5) is 0 Å². The summed E-state index contributed by atoms with van der Waals surface area (Å²) in [7, 11) is 0. The fourth-order valence-electron chi connectivity index (χ4n) is 3.46.